The number of hydrogen-bond acceptors (Lipinski definition) is 2. The van der Waals surface area contributed by atoms with Gasteiger partial charge in [-0.3, -0.25) is 9.59 Å². The number of carbonyl (C=O) groups excluding carboxylic acids is 2. The van der Waals surface area contributed by atoms with Gasteiger partial charge in [0.05, 0.1) is 6.54 Å². The Morgan fingerprint density at radius 3 is 1.67 bits per heavy atom. The van der Waals surface area contributed by atoms with E-state index < -0.39 is 5.91 Å². The molecule has 0 aromatic carbocycles. The van der Waals surface area contributed by atoms with Gasteiger partial charge in [0.1, 0.15) is 0 Å². The average Bonchev–Trinajstić information content (AvgIpc) is 2.64. The van der Waals surface area contributed by atoms with E-state index in [-0.39, 0.29) is 12.5 Å². The molecule has 0 spiro atoms. The Bertz CT molecular complexity index is 354. The van der Waals surface area contributed by atoms with Crippen molar-refractivity contribution in [2.24, 2.45) is 5.73 Å². The predicted octanol–water partition coefficient (Wildman–Crippen LogP) is 6.04. The van der Waals surface area contributed by atoms with Crippen LogP contribution in [0.15, 0.2) is 12.2 Å². The van der Waals surface area contributed by atoms with Gasteiger partial charge >= 0.3 is 0 Å². The van der Waals surface area contributed by atoms with Crippen LogP contribution in [0.5, 0.6) is 0 Å². The molecule has 0 fully saturated rings. The summed E-state index contributed by atoms with van der Waals surface area (Å²) in [5.41, 5.74) is 4.97. The summed E-state index contributed by atoms with van der Waals surface area (Å²) >= 11 is 0. The van der Waals surface area contributed by atoms with Crippen molar-refractivity contribution < 1.29 is 9.59 Å². The summed E-state index contributed by atoms with van der Waals surface area (Å²) in [5, 5.41) is 2.51. The Kier molecular flexibility index (Phi) is 25.5. The fourth-order valence-corrected chi connectivity index (χ4v) is 2.63. The van der Waals surface area contributed by atoms with Crippen molar-refractivity contribution in [3.63, 3.8) is 0 Å². The molecule has 0 rings (SSSR count). The Morgan fingerprint density at radius 1 is 0.741 bits per heavy atom. The standard InChI is InChI=1S/C20H38N2O2.C3H8/c1-2-3-4-5-6-7-8-9-10-11-12-13-14-15-16-17-20(24)22-18-19(21)23;1-3-2/h9-10H,2-8,11-18H2,1H3,(H2,21,23)(H,22,24);3H2,1-2H3/b10-9-;. The average molecular weight is 383 g/mol. The first-order valence-electron chi connectivity index (χ1n) is 11.3. The predicted molar refractivity (Wildman–Crippen MR) is 118 cm³/mol. The third kappa shape index (κ3) is 29.7. The van der Waals surface area contributed by atoms with Crippen LogP contribution in [0.3, 0.4) is 0 Å². The molecule has 0 radical (unpaired) electrons. The minimum atomic E-state index is -0.493. The van der Waals surface area contributed by atoms with E-state index in [1.165, 1.54) is 77.0 Å². The fraction of sp³-hybridized carbons (Fsp3) is 0.826. The van der Waals surface area contributed by atoms with Crippen molar-refractivity contribution >= 4 is 11.8 Å². The van der Waals surface area contributed by atoms with Crippen LogP contribution in [0.2, 0.25) is 0 Å². The molecule has 3 N–H and O–H groups in total. The van der Waals surface area contributed by atoms with Gasteiger partial charge in [0.2, 0.25) is 11.8 Å². The van der Waals surface area contributed by atoms with E-state index in [0.29, 0.717) is 6.42 Å². The maximum Gasteiger partial charge on any atom is 0.236 e. The minimum absolute atomic E-state index is 0.0517. The molecule has 0 bridgehead atoms. The van der Waals surface area contributed by atoms with Gasteiger partial charge < -0.3 is 11.1 Å². The molecule has 0 aromatic heterocycles. The Labute approximate surface area is 168 Å². The zero-order valence-electron chi connectivity index (χ0n) is 18.4. The van der Waals surface area contributed by atoms with E-state index >= 15 is 0 Å². The van der Waals surface area contributed by atoms with Gasteiger partial charge in [-0.05, 0) is 32.1 Å². The van der Waals surface area contributed by atoms with Gasteiger partial charge in [-0.1, -0.05) is 90.7 Å². The maximum atomic E-state index is 11.4. The van der Waals surface area contributed by atoms with Gasteiger partial charge in [-0.15, -0.1) is 0 Å². The second-order valence-electron chi connectivity index (χ2n) is 7.28. The lowest BCUT2D eigenvalue weighted by atomic mass is 10.1. The summed E-state index contributed by atoms with van der Waals surface area (Å²) in [5.74, 6) is -0.570. The third-order valence-corrected chi connectivity index (χ3v) is 4.13. The Balaban J connectivity index is 0. The molecule has 27 heavy (non-hydrogen) atoms. The molecule has 2 amide bonds. The summed E-state index contributed by atoms with van der Waals surface area (Å²) in [6, 6.07) is 0. The second kappa shape index (κ2) is 24.7. The molecule has 4 nitrogen and oxygen atoms in total. The van der Waals surface area contributed by atoms with Crippen molar-refractivity contribution in [1.29, 1.82) is 0 Å². The van der Waals surface area contributed by atoms with Crippen molar-refractivity contribution in [2.45, 2.75) is 117 Å². The molecule has 4 heteroatoms. The smallest absolute Gasteiger partial charge is 0.236 e. The first-order valence-corrected chi connectivity index (χ1v) is 11.3. The lowest BCUT2D eigenvalue weighted by molar-refractivity contribution is -0.124. The molecule has 0 unspecified atom stereocenters. The number of nitrogens with one attached hydrogen (secondary N) is 1. The van der Waals surface area contributed by atoms with Gasteiger partial charge in [0, 0.05) is 6.42 Å². The van der Waals surface area contributed by atoms with Crippen molar-refractivity contribution in [1.82, 2.24) is 5.32 Å². The lowest BCUT2D eigenvalue weighted by Gasteiger charge is -2.02. The lowest BCUT2D eigenvalue weighted by Crippen LogP contribution is -2.33. The molecule has 160 valence electrons. The highest BCUT2D eigenvalue weighted by atomic mass is 16.2. The molecular formula is C23H46N2O2. The van der Waals surface area contributed by atoms with Gasteiger partial charge in [-0.2, -0.15) is 0 Å². The molecule has 0 atom stereocenters. The summed E-state index contributed by atoms with van der Waals surface area (Å²) in [4.78, 5) is 21.9. The molecule has 0 aromatic rings. The summed E-state index contributed by atoms with van der Waals surface area (Å²) in [7, 11) is 0. The monoisotopic (exact) mass is 382 g/mol. The number of hydrogen-bond donors (Lipinski definition) is 2. The third-order valence-electron chi connectivity index (χ3n) is 4.13. The minimum Gasteiger partial charge on any atom is -0.368 e. The van der Waals surface area contributed by atoms with Gasteiger partial charge in [-0.25, -0.2) is 0 Å². The molecule has 0 saturated heterocycles. The van der Waals surface area contributed by atoms with Crippen LogP contribution in [0.25, 0.3) is 0 Å². The van der Waals surface area contributed by atoms with E-state index in [0.717, 1.165) is 12.8 Å². The molecule has 0 aliphatic heterocycles. The largest absolute Gasteiger partial charge is 0.368 e. The maximum absolute atomic E-state index is 11.4. The fourth-order valence-electron chi connectivity index (χ4n) is 2.63. The van der Waals surface area contributed by atoms with E-state index in [9.17, 15) is 9.59 Å². The van der Waals surface area contributed by atoms with Gasteiger partial charge in [0.15, 0.2) is 0 Å². The van der Waals surface area contributed by atoms with E-state index in [2.05, 4.69) is 38.2 Å². The van der Waals surface area contributed by atoms with Crippen LogP contribution in [-0.4, -0.2) is 18.4 Å². The number of primary amides is 1. The van der Waals surface area contributed by atoms with Crippen LogP contribution in [0.1, 0.15) is 117 Å². The van der Waals surface area contributed by atoms with E-state index in [1.807, 2.05) is 0 Å². The number of unbranched alkanes of at least 4 members (excludes halogenated alkanes) is 11. The number of nitrogens with two attached hydrogens (primary N) is 1. The topological polar surface area (TPSA) is 72.2 Å². The van der Waals surface area contributed by atoms with Crippen LogP contribution in [0, 0.1) is 0 Å². The zero-order valence-corrected chi connectivity index (χ0v) is 18.4. The SMILES string of the molecule is CCC.CCCCCCCC/C=C\CCCCCCCC(=O)NCC(N)=O. The molecule has 0 aliphatic carbocycles. The first kappa shape index (κ1) is 27.9. The van der Waals surface area contributed by atoms with Gasteiger partial charge in [0.25, 0.3) is 0 Å². The van der Waals surface area contributed by atoms with Crippen molar-refractivity contribution in [2.75, 3.05) is 6.54 Å². The Morgan fingerprint density at radius 2 is 1.19 bits per heavy atom. The van der Waals surface area contributed by atoms with E-state index in [4.69, 9.17) is 5.73 Å². The Hall–Kier alpha value is -1.32. The molecule has 0 saturated carbocycles. The second-order valence-corrected chi connectivity index (χ2v) is 7.28. The number of allylic oxidation sites excluding steroid dienone is 2. The molecular weight excluding hydrogens is 336 g/mol. The highest BCUT2D eigenvalue weighted by molar-refractivity contribution is 5.83. The summed E-state index contributed by atoms with van der Waals surface area (Å²) in [6.45, 7) is 6.45. The van der Waals surface area contributed by atoms with Crippen LogP contribution < -0.4 is 11.1 Å². The highest BCUT2D eigenvalue weighted by Gasteiger charge is 2.01. The quantitative estimate of drug-likeness (QED) is 0.238. The first-order chi connectivity index (χ1) is 13.1. The van der Waals surface area contributed by atoms with E-state index in [1.54, 1.807) is 0 Å². The normalized spacial score (nSPS) is 10.5. The molecule has 0 heterocycles. The zero-order chi connectivity index (χ0) is 20.6. The van der Waals surface area contributed by atoms with Crippen molar-refractivity contribution in [3.8, 4) is 0 Å². The highest BCUT2D eigenvalue weighted by Crippen LogP contribution is 2.09. The van der Waals surface area contributed by atoms with Crippen molar-refractivity contribution in [3.05, 3.63) is 12.2 Å². The molecule has 0 aliphatic rings. The number of rotatable bonds is 17. The number of amides is 2. The number of carbonyl (C=O) groups is 2. The van der Waals surface area contributed by atoms with Crippen LogP contribution in [0.4, 0.5) is 0 Å². The van der Waals surface area contributed by atoms with Crippen LogP contribution >= 0.6 is 0 Å². The summed E-state index contributed by atoms with van der Waals surface area (Å²) in [6.07, 6.45) is 22.6. The summed E-state index contributed by atoms with van der Waals surface area (Å²) < 4.78 is 0. The van der Waals surface area contributed by atoms with Crippen LogP contribution in [-0.2, 0) is 9.59 Å².